The maximum atomic E-state index is 12.0. The van der Waals surface area contributed by atoms with Gasteiger partial charge in [0.05, 0.1) is 0 Å². The van der Waals surface area contributed by atoms with E-state index in [2.05, 4.69) is 10.2 Å². The zero-order chi connectivity index (χ0) is 15.2. The van der Waals surface area contributed by atoms with Crippen molar-refractivity contribution >= 4 is 17.3 Å². The second-order valence-electron chi connectivity index (χ2n) is 5.86. The van der Waals surface area contributed by atoms with Crippen molar-refractivity contribution in [2.75, 3.05) is 37.3 Å². The minimum absolute atomic E-state index is 0.00909. The Morgan fingerprint density at radius 1 is 1.52 bits per heavy atom. The lowest BCUT2D eigenvalue weighted by atomic mass is 9.99. The normalized spacial score (nSPS) is 19.4. The summed E-state index contributed by atoms with van der Waals surface area (Å²) in [6.07, 6.45) is 2.65. The van der Waals surface area contributed by atoms with Crippen LogP contribution in [0.4, 0.5) is 11.4 Å². The molecule has 1 amide bonds. The topological polar surface area (TPSA) is 78.6 Å². The van der Waals surface area contributed by atoms with E-state index in [1.54, 1.807) is 6.07 Å². The number of anilines is 2. The smallest absolute Gasteiger partial charge is 0.225 e. The van der Waals surface area contributed by atoms with Gasteiger partial charge in [-0.05, 0) is 49.9 Å². The van der Waals surface area contributed by atoms with Gasteiger partial charge >= 0.3 is 0 Å². The Kier molecular flexibility index (Phi) is 5.59. The third-order valence-corrected chi connectivity index (χ3v) is 4.05. The van der Waals surface area contributed by atoms with Crippen molar-refractivity contribution in [2.45, 2.75) is 26.2 Å². The number of benzene rings is 1. The van der Waals surface area contributed by atoms with Crippen molar-refractivity contribution in [2.24, 2.45) is 5.92 Å². The second kappa shape index (κ2) is 7.43. The number of aliphatic hydroxyl groups is 1. The summed E-state index contributed by atoms with van der Waals surface area (Å²) in [6, 6.07) is 5.52. The molecule has 0 radical (unpaired) electrons. The van der Waals surface area contributed by atoms with Gasteiger partial charge in [0.25, 0.3) is 0 Å². The van der Waals surface area contributed by atoms with Crippen LogP contribution in [0, 0.1) is 12.8 Å². The molecule has 1 aliphatic rings. The molecule has 1 fully saturated rings. The van der Waals surface area contributed by atoms with Crippen LogP contribution in [0.15, 0.2) is 18.2 Å². The van der Waals surface area contributed by atoms with Gasteiger partial charge in [0.2, 0.25) is 5.91 Å². The molecule has 21 heavy (non-hydrogen) atoms. The maximum Gasteiger partial charge on any atom is 0.225 e. The number of aliphatic hydroxyl groups excluding tert-OH is 1. The first-order chi connectivity index (χ1) is 10.1. The number of nitrogens with zero attached hydrogens (tertiary/aromatic N) is 1. The Bertz CT molecular complexity index is 490. The molecule has 1 aromatic carbocycles. The number of nitrogens with one attached hydrogen (secondary N) is 1. The fraction of sp³-hybridized carbons (Fsp3) is 0.562. The summed E-state index contributed by atoms with van der Waals surface area (Å²) in [7, 11) is 0. The number of nitrogens with two attached hydrogens (primary N) is 1. The van der Waals surface area contributed by atoms with Crippen molar-refractivity contribution in [3.8, 4) is 0 Å². The lowest BCUT2D eigenvalue weighted by Crippen LogP contribution is -2.38. The predicted molar refractivity (Wildman–Crippen MR) is 85.1 cm³/mol. The Balaban J connectivity index is 1.80. The molecule has 2 rings (SSSR count). The van der Waals surface area contributed by atoms with Crippen LogP contribution in [-0.4, -0.2) is 42.2 Å². The summed E-state index contributed by atoms with van der Waals surface area (Å²) in [5.74, 6) is 0.368. The zero-order valence-electron chi connectivity index (χ0n) is 12.6. The van der Waals surface area contributed by atoms with Gasteiger partial charge < -0.3 is 21.1 Å². The standard InChI is InChI=1S/C16H25N3O2/c1-12-4-5-14(17)9-15(12)18-16(21)6-8-19-7-2-3-13(10-19)11-20/h4-5,9,13,20H,2-3,6-8,10-11,17H2,1H3,(H,18,21). The summed E-state index contributed by atoms with van der Waals surface area (Å²) in [6.45, 7) is 4.84. The molecular formula is C16H25N3O2. The molecule has 1 unspecified atom stereocenters. The van der Waals surface area contributed by atoms with Crippen LogP contribution in [0.25, 0.3) is 0 Å². The van der Waals surface area contributed by atoms with Gasteiger partial charge in [-0.25, -0.2) is 0 Å². The fourth-order valence-corrected chi connectivity index (χ4v) is 2.75. The Morgan fingerprint density at radius 2 is 2.33 bits per heavy atom. The first-order valence-electron chi connectivity index (χ1n) is 7.57. The van der Waals surface area contributed by atoms with E-state index in [4.69, 9.17) is 5.73 Å². The number of carbonyl (C=O) groups is 1. The summed E-state index contributed by atoms with van der Waals surface area (Å²) in [4.78, 5) is 14.3. The molecule has 0 bridgehead atoms. The monoisotopic (exact) mass is 291 g/mol. The van der Waals surface area contributed by atoms with Crippen LogP contribution in [0.2, 0.25) is 0 Å². The van der Waals surface area contributed by atoms with Crippen molar-refractivity contribution in [3.63, 3.8) is 0 Å². The van der Waals surface area contributed by atoms with Gasteiger partial charge in [-0.1, -0.05) is 6.07 Å². The van der Waals surface area contributed by atoms with Gasteiger partial charge in [0.15, 0.2) is 0 Å². The van der Waals surface area contributed by atoms with E-state index in [-0.39, 0.29) is 12.5 Å². The van der Waals surface area contributed by atoms with E-state index in [0.717, 1.165) is 43.7 Å². The average molecular weight is 291 g/mol. The van der Waals surface area contributed by atoms with Gasteiger partial charge in [-0.2, -0.15) is 0 Å². The number of nitrogen functional groups attached to an aromatic ring is 1. The highest BCUT2D eigenvalue weighted by atomic mass is 16.3. The van der Waals surface area contributed by atoms with Crippen molar-refractivity contribution < 1.29 is 9.90 Å². The van der Waals surface area contributed by atoms with E-state index >= 15 is 0 Å². The number of amides is 1. The summed E-state index contributed by atoms with van der Waals surface area (Å²) in [5.41, 5.74) is 8.19. The third-order valence-electron chi connectivity index (χ3n) is 4.05. The molecular weight excluding hydrogens is 266 g/mol. The zero-order valence-corrected chi connectivity index (χ0v) is 12.6. The number of hydrogen-bond acceptors (Lipinski definition) is 4. The fourth-order valence-electron chi connectivity index (χ4n) is 2.75. The van der Waals surface area contributed by atoms with E-state index in [1.165, 1.54) is 0 Å². The maximum absolute atomic E-state index is 12.0. The van der Waals surface area contributed by atoms with E-state index in [0.29, 0.717) is 18.0 Å². The van der Waals surface area contributed by atoms with Crippen LogP contribution in [0.1, 0.15) is 24.8 Å². The Hall–Kier alpha value is -1.59. The largest absolute Gasteiger partial charge is 0.399 e. The molecule has 0 saturated carbocycles. The molecule has 1 aromatic rings. The van der Waals surface area contributed by atoms with Gasteiger partial charge in [0.1, 0.15) is 0 Å². The lowest BCUT2D eigenvalue weighted by Gasteiger charge is -2.31. The van der Waals surface area contributed by atoms with Crippen LogP contribution >= 0.6 is 0 Å². The van der Waals surface area contributed by atoms with Crippen LogP contribution in [0.3, 0.4) is 0 Å². The van der Waals surface area contributed by atoms with E-state index in [1.807, 2.05) is 19.1 Å². The minimum Gasteiger partial charge on any atom is -0.399 e. The quantitative estimate of drug-likeness (QED) is 0.720. The highest BCUT2D eigenvalue weighted by molar-refractivity contribution is 5.92. The number of aryl methyl sites for hydroxylation is 1. The molecule has 116 valence electrons. The summed E-state index contributed by atoms with van der Waals surface area (Å²) >= 11 is 0. The average Bonchev–Trinajstić information content (AvgIpc) is 2.49. The van der Waals surface area contributed by atoms with E-state index < -0.39 is 0 Å². The predicted octanol–water partition coefficient (Wildman–Crippen LogP) is 1.61. The van der Waals surface area contributed by atoms with Crippen molar-refractivity contribution in [3.05, 3.63) is 23.8 Å². The molecule has 1 heterocycles. The molecule has 0 aromatic heterocycles. The second-order valence-corrected chi connectivity index (χ2v) is 5.86. The SMILES string of the molecule is Cc1ccc(N)cc1NC(=O)CCN1CCCC(CO)C1. The Labute approximate surface area is 126 Å². The molecule has 1 saturated heterocycles. The van der Waals surface area contributed by atoms with Crippen molar-refractivity contribution in [1.82, 2.24) is 4.90 Å². The number of hydrogen-bond donors (Lipinski definition) is 3. The first-order valence-corrected chi connectivity index (χ1v) is 7.57. The van der Waals surface area contributed by atoms with Crippen molar-refractivity contribution in [1.29, 1.82) is 0 Å². The highest BCUT2D eigenvalue weighted by Crippen LogP contribution is 2.19. The molecule has 0 spiro atoms. The molecule has 5 nitrogen and oxygen atoms in total. The Morgan fingerprint density at radius 3 is 3.10 bits per heavy atom. The van der Waals surface area contributed by atoms with Crippen LogP contribution in [-0.2, 0) is 4.79 Å². The number of carbonyl (C=O) groups excluding carboxylic acids is 1. The number of rotatable bonds is 5. The molecule has 0 aliphatic carbocycles. The first kappa shape index (κ1) is 15.8. The molecule has 5 heteroatoms. The minimum atomic E-state index is 0.00909. The number of likely N-dealkylation sites (tertiary alicyclic amines) is 1. The van der Waals surface area contributed by atoms with Gasteiger partial charge in [-0.3, -0.25) is 4.79 Å². The molecule has 4 N–H and O–H groups in total. The molecule has 1 atom stereocenters. The third kappa shape index (κ3) is 4.72. The van der Waals surface area contributed by atoms with E-state index in [9.17, 15) is 9.90 Å². The molecule has 1 aliphatic heterocycles. The summed E-state index contributed by atoms with van der Waals surface area (Å²) in [5, 5.41) is 12.1. The lowest BCUT2D eigenvalue weighted by molar-refractivity contribution is -0.116. The van der Waals surface area contributed by atoms with Gasteiger partial charge in [0, 0.05) is 37.5 Å². The van der Waals surface area contributed by atoms with Gasteiger partial charge in [-0.15, -0.1) is 0 Å². The summed E-state index contributed by atoms with van der Waals surface area (Å²) < 4.78 is 0. The van der Waals surface area contributed by atoms with Crippen LogP contribution in [0.5, 0.6) is 0 Å². The highest BCUT2D eigenvalue weighted by Gasteiger charge is 2.19. The number of piperidine rings is 1. The van der Waals surface area contributed by atoms with Crippen LogP contribution < -0.4 is 11.1 Å².